The molecule has 4 heteroatoms. The van der Waals surface area contributed by atoms with E-state index in [1.54, 1.807) is 0 Å². The lowest BCUT2D eigenvalue weighted by atomic mass is 10.0. The molecular weight excluding hydrogens is 436 g/mol. The van der Waals surface area contributed by atoms with Crippen LogP contribution in [-0.4, -0.2) is 32.9 Å². The molecule has 0 bridgehead atoms. The number of benzene rings is 3. The maximum absolute atomic E-state index is 7.16. The topological polar surface area (TPSA) is 27.7 Å². The summed E-state index contributed by atoms with van der Waals surface area (Å²) < 4.78 is 19.9. The van der Waals surface area contributed by atoms with Crippen LogP contribution >= 0.6 is 0 Å². The molecule has 0 amide bonds. The molecule has 1 heterocycles. The molecule has 3 nitrogen and oxygen atoms in total. The maximum atomic E-state index is 7.16. The van der Waals surface area contributed by atoms with Crippen molar-refractivity contribution in [1.82, 2.24) is 0 Å². The van der Waals surface area contributed by atoms with Crippen molar-refractivity contribution in [3.05, 3.63) is 96.6 Å². The van der Waals surface area contributed by atoms with Gasteiger partial charge < -0.3 is 13.9 Å². The van der Waals surface area contributed by atoms with E-state index in [-0.39, 0.29) is 17.2 Å². The second kappa shape index (κ2) is 10.2. The van der Waals surface area contributed by atoms with Crippen LogP contribution < -0.4 is 10.4 Å². The normalized spacial score (nSPS) is 20.7. The average Bonchev–Trinajstić information content (AvgIpc) is 2.80. The molecule has 0 radical (unpaired) electrons. The molecule has 0 unspecified atom stereocenters. The monoisotopic (exact) mass is 474 g/mol. The van der Waals surface area contributed by atoms with E-state index < -0.39 is 14.1 Å². The van der Waals surface area contributed by atoms with Gasteiger partial charge in [-0.25, -0.2) is 0 Å². The van der Waals surface area contributed by atoms with E-state index in [9.17, 15) is 0 Å². The minimum Gasteiger partial charge on any atom is -0.405 e. The fraction of sp³-hybridized carbons (Fsp3) is 0.400. The predicted octanol–water partition coefficient (Wildman–Crippen LogP) is 5.72. The summed E-state index contributed by atoms with van der Waals surface area (Å²) >= 11 is 0. The van der Waals surface area contributed by atoms with Crippen LogP contribution in [0.5, 0.6) is 0 Å². The van der Waals surface area contributed by atoms with Gasteiger partial charge in [-0.15, -0.1) is 0 Å². The third-order valence-corrected chi connectivity index (χ3v) is 11.6. The third-order valence-electron chi connectivity index (χ3n) is 6.64. The standard InChI is InChI=1S/C30H38O3Si/c1-29(2,3)34(27-17-11-7-12-18-27,28-19-13-8-14-20-28)31-23-26-22-25(32-30(4,5)33-26)21-24-15-9-6-10-16-24/h6-20,25-26H,21-23H2,1-5H3/t25-,26-/m1/s1. The molecule has 1 saturated heterocycles. The van der Waals surface area contributed by atoms with Crippen molar-refractivity contribution in [3.8, 4) is 0 Å². The Labute approximate surface area is 206 Å². The van der Waals surface area contributed by atoms with Gasteiger partial charge in [0.1, 0.15) is 0 Å². The van der Waals surface area contributed by atoms with Gasteiger partial charge in [-0.1, -0.05) is 112 Å². The van der Waals surface area contributed by atoms with Gasteiger partial charge in [0.05, 0.1) is 18.8 Å². The molecule has 180 valence electrons. The van der Waals surface area contributed by atoms with Crippen molar-refractivity contribution in [2.75, 3.05) is 6.61 Å². The fourth-order valence-corrected chi connectivity index (χ4v) is 9.89. The first-order valence-electron chi connectivity index (χ1n) is 12.3. The Balaban J connectivity index is 1.62. The number of hydrogen-bond donors (Lipinski definition) is 0. The van der Waals surface area contributed by atoms with Crippen LogP contribution in [0.3, 0.4) is 0 Å². The second-order valence-corrected chi connectivity index (χ2v) is 15.1. The lowest BCUT2D eigenvalue weighted by Crippen LogP contribution is -2.67. The summed E-state index contributed by atoms with van der Waals surface area (Å²) in [6.07, 6.45) is 1.76. The molecule has 0 spiro atoms. The van der Waals surface area contributed by atoms with E-state index >= 15 is 0 Å². The quantitative estimate of drug-likeness (QED) is 0.410. The van der Waals surface area contributed by atoms with E-state index in [4.69, 9.17) is 13.9 Å². The van der Waals surface area contributed by atoms with Gasteiger partial charge in [-0.3, -0.25) is 0 Å². The third kappa shape index (κ3) is 5.52. The van der Waals surface area contributed by atoms with Crippen molar-refractivity contribution in [3.63, 3.8) is 0 Å². The Morgan fingerprint density at radius 1 is 0.765 bits per heavy atom. The van der Waals surface area contributed by atoms with Crippen LogP contribution in [0.25, 0.3) is 0 Å². The first-order valence-corrected chi connectivity index (χ1v) is 14.2. The lowest BCUT2D eigenvalue weighted by molar-refractivity contribution is -0.302. The molecule has 0 aromatic heterocycles. The highest BCUT2D eigenvalue weighted by Gasteiger charge is 2.51. The Bertz CT molecular complexity index is 989. The fourth-order valence-electron chi connectivity index (χ4n) is 5.30. The Morgan fingerprint density at radius 3 is 1.74 bits per heavy atom. The Kier molecular flexibility index (Phi) is 7.44. The number of hydrogen-bond acceptors (Lipinski definition) is 3. The van der Waals surface area contributed by atoms with E-state index in [0.717, 1.165) is 12.8 Å². The van der Waals surface area contributed by atoms with Crippen molar-refractivity contribution in [2.45, 2.75) is 70.5 Å². The van der Waals surface area contributed by atoms with Crippen LogP contribution in [0.4, 0.5) is 0 Å². The minimum absolute atomic E-state index is 0.0286. The number of rotatable bonds is 7. The van der Waals surface area contributed by atoms with E-state index in [1.807, 2.05) is 13.8 Å². The zero-order valence-corrected chi connectivity index (χ0v) is 22.2. The van der Waals surface area contributed by atoms with Crippen LogP contribution in [0.15, 0.2) is 91.0 Å². The SMILES string of the molecule is CC1(C)O[C@H](Cc2ccccc2)C[C@H](CO[Si](c2ccccc2)(c2ccccc2)C(C)(C)C)O1. The summed E-state index contributed by atoms with van der Waals surface area (Å²) in [4.78, 5) is 0. The van der Waals surface area contributed by atoms with Crippen molar-refractivity contribution in [1.29, 1.82) is 0 Å². The smallest absolute Gasteiger partial charge is 0.261 e. The highest BCUT2D eigenvalue weighted by atomic mass is 28.4. The average molecular weight is 475 g/mol. The summed E-state index contributed by atoms with van der Waals surface area (Å²) in [7, 11) is -2.60. The van der Waals surface area contributed by atoms with Crippen LogP contribution in [-0.2, 0) is 20.3 Å². The van der Waals surface area contributed by atoms with Crippen molar-refractivity contribution in [2.24, 2.45) is 0 Å². The maximum Gasteiger partial charge on any atom is 0.261 e. The van der Waals surface area contributed by atoms with E-state index in [1.165, 1.54) is 15.9 Å². The Morgan fingerprint density at radius 2 is 1.24 bits per heavy atom. The zero-order valence-electron chi connectivity index (χ0n) is 21.2. The molecule has 2 atom stereocenters. The minimum atomic E-state index is -2.60. The summed E-state index contributed by atoms with van der Waals surface area (Å²) in [6.45, 7) is 11.5. The largest absolute Gasteiger partial charge is 0.405 e. The molecule has 1 aliphatic heterocycles. The summed E-state index contributed by atoms with van der Waals surface area (Å²) in [5.74, 6) is -0.642. The molecule has 34 heavy (non-hydrogen) atoms. The van der Waals surface area contributed by atoms with Gasteiger partial charge in [-0.2, -0.15) is 0 Å². The molecule has 0 N–H and O–H groups in total. The highest BCUT2D eigenvalue weighted by Crippen LogP contribution is 2.38. The molecule has 4 rings (SSSR count). The van der Waals surface area contributed by atoms with Crippen molar-refractivity contribution < 1.29 is 13.9 Å². The molecule has 3 aromatic rings. The first-order chi connectivity index (χ1) is 16.2. The zero-order chi connectivity index (χ0) is 24.2. The second-order valence-electron chi connectivity index (χ2n) is 10.8. The summed E-state index contributed by atoms with van der Waals surface area (Å²) in [6, 6.07) is 32.1. The lowest BCUT2D eigenvalue weighted by Gasteiger charge is -2.46. The molecule has 3 aromatic carbocycles. The van der Waals surface area contributed by atoms with Gasteiger partial charge in [0.2, 0.25) is 0 Å². The van der Waals surface area contributed by atoms with Gasteiger partial charge in [0, 0.05) is 6.42 Å². The Hall–Kier alpha value is -2.24. The molecule has 0 saturated carbocycles. The van der Waals surface area contributed by atoms with Gasteiger partial charge in [0.15, 0.2) is 5.79 Å². The van der Waals surface area contributed by atoms with E-state index in [0.29, 0.717) is 6.61 Å². The van der Waals surface area contributed by atoms with Crippen molar-refractivity contribution >= 4 is 18.7 Å². The highest BCUT2D eigenvalue weighted by molar-refractivity contribution is 6.99. The molecule has 1 aliphatic rings. The first kappa shape index (κ1) is 24.9. The van der Waals surface area contributed by atoms with Gasteiger partial charge in [-0.05, 0) is 41.2 Å². The number of ether oxygens (including phenoxy) is 2. The van der Waals surface area contributed by atoms with Gasteiger partial charge in [0.25, 0.3) is 8.32 Å². The molecular formula is C30H38O3Si. The summed E-state index contributed by atoms with van der Waals surface area (Å²) in [5.41, 5.74) is 1.29. The van der Waals surface area contributed by atoms with E-state index in [2.05, 4.69) is 112 Å². The molecule has 1 fully saturated rings. The van der Waals surface area contributed by atoms with Crippen LogP contribution in [0.1, 0.15) is 46.6 Å². The molecule has 0 aliphatic carbocycles. The van der Waals surface area contributed by atoms with Gasteiger partial charge >= 0.3 is 0 Å². The van der Waals surface area contributed by atoms with Crippen LogP contribution in [0, 0.1) is 0 Å². The summed E-state index contributed by atoms with van der Waals surface area (Å²) in [5, 5.41) is 2.53. The predicted molar refractivity (Wildman–Crippen MR) is 142 cm³/mol. The van der Waals surface area contributed by atoms with Crippen LogP contribution in [0.2, 0.25) is 5.04 Å².